The predicted molar refractivity (Wildman–Crippen MR) is 81.7 cm³/mol. The van der Waals surface area contributed by atoms with E-state index in [1.165, 1.54) is 0 Å². The van der Waals surface area contributed by atoms with E-state index in [4.69, 9.17) is 0 Å². The topological polar surface area (TPSA) is 82.5 Å². The number of hydrogen-bond acceptors (Lipinski definition) is 4. The molecule has 1 saturated carbocycles. The third-order valence-electron chi connectivity index (χ3n) is 4.01. The number of aliphatic hydroxyl groups is 1. The van der Waals surface area contributed by atoms with E-state index in [1.54, 1.807) is 12.1 Å². The van der Waals surface area contributed by atoms with Crippen molar-refractivity contribution >= 4 is 11.8 Å². The van der Waals surface area contributed by atoms with Crippen LogP contribution in [-0.4, -0.2) is 33.8 Å². The highest BCUT2D eigenvalue weighted by Gasteiger charge is 2.25. The molecule has 0 amide bonds. The lowest BCUT2D eigenvalue weighted by Gasteiger charge is -2.21. The fourth-order valence-corrected chi connectivity index (χ4v) is 2.62. The molecule has 1 aromatic rings. The zero-order valence-corrected chi connectivity index (χ0v) is 12.9. The number of hydrogen-bond donors (Lipinski definition) is 3. The van der Waals surface area contributed by atoms with Gasteiger partial charge in [-0.1, -0.05) is 27.2 Å². The number of pyridine rings is 1. The van der Waals surface area contributed by atoms with E-state index in [0.717, 1.165) is 25.0 Å². The molecule has 0 aromatic carbocycles. The Kier molecular flexibility index (Phi) is 4.52. The van der Waals surface area contributed by atoms with Gasteiger partial charge in [0, 0.05) is 23.6 Å². The van der Waals surface area contributed by atoms with E-state index < -0.39 is 5.97 Å². The third kappa shape index (κ3) is 3.94. The summed E-state index contributed by atoms with van der Waals surface area (Å²) in [6, 6.07) is 3.18. The van der Waals surface area contributed by atoms with Crippen molar-refractivity contribution in [3.05, 3.63) is 23.4 Å². The smallest absolute Gasteiger partial charge is 0.335 e. The van der Waals surface area contributed by atoms with Crippen LogP contribution in [0.3, 0.4) is 0 Å². The van der Waals surface area contributed by atoms with Crippen LogP contribution in [0.5, 0.6) is 0 Å². The van der Waals surface area contributed by atoms with Crippen LogP contribution in [0.25, 0.3) is 0 Å². The Balaban J connectivity index is 2.18. The van der Waals surface area contributed by atoms with E-state index >= 15 is 0 Å². The lowest BCUT2D eigenvalue weighted by Crippen LogP contribution is -2.23. The predicted octanol–water partition coefficient (Wildman–Crippen LogP) is 2.65. The molecule has 5 nitrogen and oxygen atoms in total. The minimum atomic E-state index is -0.952. The fraction of sp³-hybridized carbons (Fsp3) is 0.625. The van der Waals surface area contributed by atoms with Crippen molar-refractivity contribution in [3.8, 4) is 0 Å². The van der Waals surface area contributed by atoms with E-state index in [9.17, 15) is 15.0 Å². The van der Waals surface area contributed by atoms with Crippen molar-refractivity contribution in [3.63, 3.8) is 0 Å². The molecule has 1 fully saturated rings. The van der Waals surface area contributed by atoms with Gasteiger partial charge < -0.3 is 15.5 Å². The molecule has 1 aliphatic rings. The van der Waals surface area contributed by atoms with Gasteiger partial charge in [-0.3, -0.25) is 0 Å². The molecule has 116 valence electrons. The minimum Gasteiger partial charge on any atom is -0.478 e. The van der Waals surface area contributed by atoms with Crippen molar-refractivity contribution in [1.29, 1.82) is 0 Å². The van der Waals surface area contributed by atoms with Crippen LogP contribution in [0.1, 0.15) is 56.1 Å². The minimum absolute atomic E-state index is 0.214. The second-order valence-electron chi connectivity index (χ2n) is 6.82. The highest BCUT2D eigenvalue weighted by atomic mass is 16.4. The lowest BCUT2D eigenvalue weighted by molar-refractivity contribution is 0.0696. The first-order chi connectivity index (χ1) is 9.77. The monoisotopic (exact) mass is 292 g/mol. The van der Waals surface area contributed by atoms with Gasteiger partial charge in [-0.25, -0.2) is 9.78 Å². The molecule has 1 aromatic heterocycles. The van der Waals surface area contributed by atoms with Crippen LogP contribution in [0.4, 0.5) is 5.82 Å². The van der Waals surface area contributed by atoms with Gasteiger partial charge in [0.25, 0.3) is 0 Å². The molecule has 1 aliphatic carbocycles. The molecule has 0 radical (unpaired) electrons. The second-order valence-corrected chi connectivity index (χ2v) is 6.82. The standard InChI is InChI=1S/C16H24N2O3/c1-16(2,3)13-7-11(15(20)21)8-14(18-13)17-9-10-5-4-6-12(10)19/h7-8,10,12,19H,4-6,9H2,1-3H3,(H,17,18)(H,20,21). The molecule has 2 atom stereocenters. The van der Waals surface area contributed by atoms with E-state index in [0.29, 0.717) is 12.4 Å². The van der Waals surface area contributed by atoms with Crippen LogP contribution in [-0.2, 0) is 5.41 Å². The Bertz CT molecular complexity index is 523. The number of aromatic carboxylic acids is 1. The van der Waals surface area contributed by atoms with Gasteiger partial charge in [-0.15, -0.1) is 0 Å². The number of aliphatic hydroxyl groups excluding tert-OH is 1. The van der Waals surface area contributed by atoms with Crippen molar-refractivity contribution < 1.29 is 15.0 Å². The third-order valence-corrected chi connectivity index (χ3v) is 4.01. The molecule has 0 aliphatic heterocycles. The summed E-state index contributed by atoms with van der Waals surface area (Å²) in [6.45, 7) is 6.64. The van der Waals surface area contributed by atoms with Gasteiger partial charge in [0.05, 0.1) is 11.7 Å². The van der Waals surface area contributed by atoms with Crippen LogP contribution < -0.4 is 5.32 Å². The largest absolute Gasteiger partial charge is 0.478 e. The summed E-state index contributed by atoms with van der Waals surface area (Å²) < 4.78 is 0. The maximum Gasteiger partial charge on any atom is 0.335 e. The summed E-state index contributed by atoms with van der Waals surface area (Å²) in [5.41, 5.74) is 0.774. The molecular weight excluding hydrogens is 268 g/mol. The number of nitrogens with zero attached hydrogens (tertiary/aromatic N) is 1. The molecule has 0 bridgehead atoms. The highest BCUT2D eigenvalue weighted by Crippen LogP contribution is 2.27. The van der Waals surface area contributed by atoms with Crippen LogP contribution in [0.15, 0.2) is 12.1 Å². The Morgan fingerprint density at radius 3 is 2.62 bits per heavy atom. The van der Waals surface area contributed by atoms with Gasteiger partial charge in [-0.2, -0.15) is 0 Å². The van der Waals surface area contributed by atoms with E-state index in [-0.39, 0.29) is 23.0 Å². The Morgan fingerprint density at radius 1 is 1.38 bits per heavy atom. The molecule has 1 heterocycles. The summed E-state index contributed by atoms with van der Waals surface area (Å²) >= 11 is 0. The number of aromatic nitrogens is 1. The SMILES string of the molecule is CC(C)(C)c1cc(C(=O)O)cc(NCC2CCCC2O)n1. The fourth-order valence-electron chi connectivity index (χ4n) is 2.62. The molecule has 21 heavy (non-hydrogen) atoms. The summed E-state index contributed by atoms with van der Waals surface area (Å²) in [5.74, 6) is -0.163. The Hall–Kier alpha value is -1.62. The van der Waals surface area contributed by atoms with Gasteiger partial charge in [-0.05, 0) is 25.0 Å². The highest BCUT2D eigenvalue weighted by molar-refractivity contribution is 5.88. The van der Waals surface area contributed by atoms with Crippen molar-refractivity contribution in [2.45, 2.75) is 51.6 Å². The van der Waals surface area contributed by atoms with Gasteiger partial charge in [0.1, 0.15) is 5.82 Å². The maximum absolute atomic E-state index is 11.2. The number of carbonyl (C=O) groups is 1. The Morgan fingerprint density at radius 2 is 2.10 bits per heavy atom. The molecule has 2 unspecified atom stereocenters. The number of carboxylic acids is 1. The first kappa shape index (κ1) is 15.8. The summed E-state index contributed by atoms with van der Waals surface area (Å²) in [5, 5.41) is 22.3. The summed E-state index contributed by atoms with van der Waals surface area (Å²) in [7, 11) is 0. The zero-order chi connectivity index (χ0) is 15.6. The van der Waals surface area contributed by atoms with E-state index in [2.05, 4.69) is 10.3 Å². The van der Waals surface area contributed by atoms with Crippen LogP contribution >= 0.6 is 0 Å². The number of rotatable bonds is 4. The van der Waals surface area contributed by atoms with Crippen molar-refractivity contribution in [2.24, 2.45) is 5.92 Å². The quantitative estimate of drug-likeness (QED) is 0.794. The van der Waals surface area contributed by atoms with Crippen LogP contribution in [0.2, 0.25) is 0 Å². The molecule has 5 heteroatoms. The molecular formula is C16H24N2O3. The maximum atomic E-state index is 11.2. The van der Waals surface area contributed by atoms with E-state index in [1.807, 2.05) is 20.8 Å². The zero-order valence-electron chi connectivity index (χ0n) is 12.9. The van der Waals surface area contributed by atoms with Gasteiger partial charge >= 0.3 is 5.97 Å². The normalized spacial score (nSPS) is 22.3. The Labute approximate surface area is 125 Å². The summed E-state index contributed by atoms with van der Waals surface area (Å²) in [6.07, 6.45) is 2.63. The number of nitrogens with one attached hydrogen (secondary N) is 1. The second kappa shape index (κ2) is 6.02. The first-order valence-corrected chi connectivity index (χ1v) is 7.45. The van der Waals surface area contributed by atoms with Crippen molar-refractivity contribution in [2.75, 3.05) is 11.9 Å². The molecule has 2 rings (SSSR count). The average Bonchev–Trinajstić information content (AvgIpc) is 2.80. The molecule has 0 saturated heterocycles. The van der Waals surface area contributed by atoms with Gasteiger partial charge in [0.2, 0.25) is 0 Å². The first-order valence-electron chi connectivity index (χ1n) is 7.45. The van der Waals surface area contributed by atoms with Crippen LogP contribution in [0, 0.1) is 5.92 Å². The van der Waals surface area contributed by atoms with Gasteiger partial charge in [0.15, 0.2) is 0 Å². The van der Waals surface area contributed by atoms with Crippen molar-refractivity contribution in [1.82, 2.24) is 4.98 Å². The lowest BCUT2D eigenvalue weighted by atomic mass is 9.90. The summed E-state index contributed by atoms with van der Waals surface area (Å²) in [4.78, 5) is 15.8. The number of anilines is 1. The molecule has 0 spiro atoms. The molecule has 3 N–H and O–H groups in total. The average molecular weight is 292 g/mol. The number of carboxylic acid groups (broad SMARTS) is 1.